The molecule has 3 aromatic rings. The van der Waals surface area contributed by atoms with Crippen LogP contribution in [-0.4, -0.2) is 16.2 Å². The van der Waals surface area contributed by atoms with Crippen LogP contribution in [0.4, 0.5) is 0 Å². The molecule has 1 N–H and O–H groups in total. The molecule has 0 saturated heterocycles. The first-order chi connectivity index (χ1) is 12.8. The quantitative estimate of drug-likeness (QED) is 0.713. The standard InChI is InChI=1S/C23H25NO2/c25-21-11-5-17(6-12-21)15-18-7-13-22(14-8-18)26-16-20-10-9-19-3-1-2-4-23(19)24-20/h1-4,7-10,13-14,17,21,25H,5-6,11-12,15-16H2. The minimum absolute atomic E-state index is 0.0780. The van der Waals surface area contributed by atoms with Gasteiger partial charge in [0.1, 0.15) is 12.4 Å². The number of aromatic nitrogens is 1. The van der Waals surface area contributed by atoms with Crippen molar-refractivity contribution in [2.75, 3.05) is 0 Å². The maximum absolute atomic E-state index is 9.62. The third-order valence-corrected chi connectivity index (χ3v) is 5.31. The molecule has 0 radical (unpaired) electrons. The first-order valence-electron chi connectivity index (χ1n) is 9.51. The number of ether oxygens (including phenoxy) is 1. The second-order valence-corrected chi connectivity index (χ2v) is 7.31. The van der Waals surface area contributed by atoms with Gasteiger partial charge in [-0.2, -0.15) is 0 Å². The Kier molecular flexibility index (Phi) is 5.16. The average Bonchev–Trinajstić information content (AvgIpc) is 2.69. The van der Waals surface area contributed by atoms with Crippen LogP contribution >= 0.6 is 0 Å². The van der Waals surface area contributed by atoms with Crippen LogP contribution in [0, 0.1) is 5.92 Å². The third-order valence-electron chi connectivity index (χ3n) is 5.31. The molecule has 3 heteroatoms. The molecule has 2 aromatic carbocycles. The van der Waals surface area contributed by atoms with Gasteiger partial charge in [0, 0.05) is 5.39 Å². The molecule has 3 nitrogen and oxygen atoms in total. The van der Waals surface area contributed by atoms with Crippen LogP contribution in [0.25, 0.3) is 10.9 Å². The van der Waals surface area contributed by atoms with E-state index in [1.54, 1.807) is 0 Å². The van der Waals surface area contributed by atoms with E-state index >= 15 is 0 Å². The highest BCUT2D eigenvalue weighted by Crippen LogP contribution is 2.28. The molecule has 4 rings (SSSR count). The van der Waals surface area contributed by atoms with Crippen molar-refractivity contribution >= 4 is 10.9 Å². The molecule has 1 aliphatic rings. The predicted molar refractivity (Wildman–Crippen MR) is 104 cm³/mol. The van der Waals surface area contributed by atoms with Crippen LogP contribution in [0.3, 0.4) is 0 Å². The molecule has 1 saturated carbocycles. The highest BCUT2D eigenvalue weighted by molar-refractivity contribution is 5.78. The van der Waals surface area contributed by atoms with Crippen LogP contribution in [-0.2, 0) is 13.0 Å². The smallest absolute Gasteiger partial charge is 0.130 e. The average molecular weight is 347 g/mol. The number of pyridine rings is 1. The first-order valence-corrected chi connectivity index (χ1v) is 9.51. The zero-order valence-corrected chi connectivity index (χ0v) is 15.0. The first kappa shape index (κ1) is 17.0. The Hall–Kier alpha value is -2.39. The summed E-state index contributed by atoms with van der Waals surface area (Å²) in [4.78, 5) is 4.65. The third kappa shape index (κ3) is 4.23. The molecular formula is C23H25NO2. The van der Waals surface area contributed by atoms with Crippen molar-refractivity contribution in [3.05, 3.63) is 71.9 Å². The van der Waals surface area contributed by atoms with Crippen LogP contribution < -0.4 is 4.74 Å². The van der Waals surface area contributed by atoms with Crippen molar-refractivity contribution in [2.45, 2.75) is 44.8 Å². The zero-order valence-electron chi connectivity index (χ0n) is 15.0. The Morgan fingerprint density at radius 3 is 2.46 bits per heavy atom. The summed E-state index contributed by atoms with van der Waals surface area (Å²) in [6.07, 6.45) is 5.18. The topological polar surface area (TPSA) is 42.4 Å². The molecule has 0 atom stereocenters. The fraction of sp³-hybridized carbons (Fsp3) is 0.348. The van der Waals surface area contributed by atoms with Gasteiger partial charge >= 0.3 is 0 Å². The molecule has 26 heavy (non-hydrogen) atoms. The van der Waals surface area contributed by atoms with Gasteiger partial charge < -0.3 is 9.84 Å². The van der Waals surface area contributed by atoms with Crippen molar-refractivity contribution in [3.8, 4) is 5.75 Å². The molecular weight excluding hydrogens is 322 g/mol. The summed E-state index contributed by atoms with van der Waals surface area (Å²) in [6.45, 7) is 0.477. The van der Waals surface area contributed by atoms with Crippen molar-refractivity contribution in [2.24, 2.45) is 5.92 Å². The van der Waals surface area contributed by atoms with Gasteiger partial charge in [0.25, 0.3) is 0 Å². The molecule has 0 amide bonds. The van der Waals surface area contributed by atoms with Crippen LogP contribution in [0.5, 0.6) is 5.75 Å². The molecule has 0 unspecified atom stereocenters. The van der Waals surface area contributed by atoms with Crippen molar-refractivity contribution in [3.63, 3.8) is 0 Å². The summed E-state index contributed by atoms with van der Waals surface area (Å²) in [5.74, 6) is 1.58. The number of benzene rings is 2. The number of hydrogen-bond donors (Lipinski definition) is 1. The summed E-state index contributed by atoms with van der Waals surface area (Å²) < 4.78 is 5.90. The van der Waals surface area contributed by atoms with Gasteiger partial charge in [-0.1, -0.05) is 36.4 Å². The molecule has 0 bridgehead atoms. The lowest BCUT2D eigenvalue weighted by atomic mass is 9.83. The van der Waals surface area contributed by atoms with Crippen LogP contribution in [0.15, 0.2) is 60.7 Å². The maximum atomic E-state index is 9.62. The molecule has 134 valence electrons. The largest absolute Gasteiger partial charge is 0.487 e. The minimum atomic E-state index is -0.0780. The second-order valence-electron chi connectivity index (χ2n) is 7.31. The number of fused-ring (bicyclic) bond motifs is 1. The lowest BCUT2D eigenvalue weighted by Gasteiger charge is -2.25. The minimum Gasteiger partial charge on any atom is -0.487 e. The van der Waals surface area contributed by atoms with Gasteiger partial charge in [0.15, 0.2) is 0 Å². The molecule has 1 heterocycles. The SMILES string of the molecule is OC1CCC(Cc2ccc(OCc3ccc4ccccc4n3)cc2)CC1. The normalized spacial score (nSPS) is 20.2. The summed E-state index contributed by atoms with van der Waals surface area (Å²) in [5, 5.41) is 10.8. The van der Waals surface area contributed by atoms with E-state index in [0.717, 1.165) is 54.5 Å². The summed E-state index contributed by atoms with van der Waals surface area (Å²) in [7, 11) is 0. The summed E-state index contributed by atoms with van der Waals surface area (Å²) in [6, 6.07) is 20.7. The van der Waals surface area contributed by atoms with E-state index in [-0.39, 0.29) is 6.10 Å². The molecule has 1 fully saturated rings. The van der Waals surface area contributed by atoms with E-state index in [4.69, 9.17) is 4.74 Å². The Morgan fingerprint density at radius 2 is 1.65 bits per heavy atom. The Bertz CT molecular complexity index is 851. The Balaban J connectivity index is 1.33. The van der Waals surface area contributed by atoms with E-state index in [2.05, 4.69) is 29.2 Å². The number of nitrogens with zero attached hydrogens (tertiary/aromatic N) is 1. The number of rotatable bonds is 5. The highest BCUT2D eigenvalue weighted by atomic mass is 16.5. The monoisotopic (exact) mass is 347 g/mol. The van der Waals surface area contributed by atoms with E-state index in [1.165, 1.54) is 5.56 Å². The van der Waals surface area contributed by atoms with E-state index < -0.39 is 0 Å². The van der Waals surface area contributed by atoms with Gasteiger partial charge in [-0.15, -0.1) is 0 Å². The van der Waals surface area contributed by atoms with Crippen LogP contribution in [0.2, 0.25) is 0 Å². The van der Waals surface area contributed by atoms with E-state index in [9.17, 15) is 5.11 Å². The predicted octanol–water partition coefficient (Wildman–Crippen LogP) is 4.91. The summed E-state index contributed by atoms with van der Waals surface area (Å²) >= 11 is 0. The van der Waals surface area contributed by atoms with Crippen molar-refractivity contribution in [1.82, 2.24) is 4.98 Å². The second kappa shape index (κ2) is 7.88. The molecule has 0 aliphatic heterocycles. The van der Waals surface area contributed by atoms with Crippen molar-refractivity contribution < 1.29 is 9.84 Å². The highest BCUT2D eigenvalue weighted by Gasteiger charge is 2.19. The van der Waals surface area contributed by atoms with Crippen LogP contribution in [0.1, 0.15) is 36.9 Å². The maximum Gasteiger partial charge on any atom is 0.130 e. The summed E-state index contributed by atoms with van der Waals surface area (Å²) in [5.41, 5.74) is 3.29. The molecule has 0 spiro atoms. The lowest BCUT2D eigenvalue weighted by Crippen LogP contribution is -2.19. The Labute approximate surface area is 154 Å². The van der Waals surface area contributed by atoms with E-state index in [1.807, 2.05) is 36.4 Å². The fourth-order valence-corrected chi connectivity index (χ4v) is 3.75. The van der Waals surface area contributed by atoms with Gasteiger partial charge in [-0.3, -0.25) is 0 Å². The molecule has 1 aliphatic carbocycles. The van der Waals surface area contributed by atoms with Gasteiger partial charge in [0.05, 0.1) is 17.3 Å². The Morgan fingerprint density at radius 1 is 0.885 bits per heavy atom. The number of hydrogen-bond acceptors (Lipinski definition) is 3. The van der Waals surface area contributed by atoms with Crippen molar-refractivity contribution in [1.29, 1.82) is 0 Å². The zero-order chi connectivity index (χ0) is 17.8. The van der Waals surface area contributed by atoms with Gasteiger partial charge in [0.2, 0.25) is 0 Å². The molecule has 1 aromatic heterocycles. The number of para-hydroxylation sites is 1. The lowest BCUT2D eigenvalue weighted by molar-refractivity contribution is 0.109. The number of aliphatic hydroxyl groups excluding tert-OH is 1. The van der Waals surface area contributed by atoms with E-state index in [0.29, 0.717) is 12.5 Å². The fourth-order valence-electron chi connectivity index (χ4n) is 3.75. The number of aliphatic hydroxyl groups is 1. The van der Waals surface area contributed by atoms with Gasteiger partial charge in [-0.05, 0) is 67.9 Å². The van der Waals surface area contributed by atoms with Gasteiger partial charge in [-0.25, -0.2) is 4.98 Å².